The van der Waals surface area contributed by atoms with Crippen LogP contribution in [0.1, 0.15) is 16.1 Å². The molecule has 0 aliphatic carbocycles. The molecule has 1 aliphatic heterocycles. The Balaban J connectivity index is 1.71. The van der Waals surface area contributed by atoms with Gasteiger partial charge in [0, 0.05) is 32.1 Å². The second kappa shape index (κ2) is 7.85. The van der Waals surface area contributed by atoms with Crippen LogP contribution in [0.25, 0.3) is 0 Å². The van der Waals surface area contributed by atoms with Crippen molar-refractivity contribution in [2.75, 3.05) is 43.6 Å². The summed E-state index contributed by atoms with van der Waals surface area (Å²) in [4.78, 5) is 23.1. The summed E-state index contributed by atoms with van der Waals surface area (Å²) in [6, 6.07) is 9.15. The molecule has 1 fully saturated rings. The average Bonchev–Trinajstić information content (AvgIpc) is 2.63. The number of carbonyl (C=O) groups is 1. The SMILES string of the molecule is COCc1cccc(NC(=O)c2ccnc(N3CCOCC3)n2)c1. The number of hydrogen-bond acceptors (Lipinski definition) is 6. The molecule has 0 saturated carbocycles. The molecule has 1 aromatic carbocycles. The van der Waals surface area contributed by atoms with Gasteiger partial charge in [0.1, 0.15) is 5.69 Å². The van der Waals surface area contributed by atoms with Crippen LogP contribution in [0, 0.1) is 0 Å². The smallest absolute Gasteiger partial charge is 0.274 e. The van der Waals surface area contributed by atoms with Crippen molar-refractivity contribution in [3.8, 4) is 0 Å². The number of carbonyl (C=O) groups excluding carboxylic acids is 1. The highest BCUT2D eigenvalue weighted by Gasteiger charge is 2.16. The number of aromatic nitrogens is 2. The van der Waals surface area contributed by atoms with Gasteiger partial charge in [0.15, 0.2) is 0 Å². The van der Waals surface area contributed by atoms with E-state index in [9.17, 15) is 4.79 Å². The van der Waals surface area contributed by atoms with Crippen LogP contribution in [0.2, 0.25) is 0 Å². The van der Waals surface area contributed by atoms with Crippen LogP contribution < -0.4 is 10.2 Å². The summed E-state index contributed by atoms with van der Waals surface area (Å²) < 4.78 is 10.4. The van der Waals surface area contributed by atoms with Crippen molar-refractivity contribution < 1.29 is 14.3 Å². The molecule has 0 atom stereocenters. The molecule has 1 aromatic heterocycles. The minimum absolute atomic E-state index is 0.263. The molecule has 24 heavy (non-hydrogen) atoms. The number of amides is 1. The highest BCUT2D eigenvalue weighted by molar-refractivity contribution is 6.03. The van der Waals surface area contributed by atoms with E-state index in [-0.39, 0.29) is 5.91 Å². The number of rotatable bonds is 5. The maximum absolute atomic E-state index is 12.4. The summed E-state index contributed by atoms with van der Waals surface area (Å²) in [5.74, 6) is 0.292. The van der Waals surface area contributed by atoms with E-state index in [2.05, 4.69) is 15.3 Å². The fourth-order valence-corrected chi connectivity index (χ4v) is 2.49. The molecule has 2 heterocycles. The van der Waals surface area contributed by atoms with Gasteiger partial charge in [-0.1, -0.05) is 12.1 Å². The quantitative estimate of drug-likeness (QED) is 0.900. The first kappa shape index (κ1) is 16.4. The van der Waals surface area contributed by atoms with E-state index in [0.717, 1.165) is 18.7 Å². The lowest BCUT2D eigenvalue weighted by Gasteiger charge is -2.26. The maximum atomic E-state index is 12.4. The van der Waals surface area contributed by atoms with Gasteiger partial charge in [-0.05, 0) is 23.8 Å². The number of nitrogens with zero attached hydrogens (tertiary/aromatic N) is 3. The summed E-state index contributed by atoms with van der Waals surface area (Å²) in [6.45, 7) is 3.24. The number of methoxy groups -OCH3 is 1. The molecule has 7 heteroatoms. The van der Waals surface area contributed by atoms with Crippen molar-refractivity contribution in [1.29, 1.82) is 0 Å². The summed E-state index contributed by atoms with van der Waals surface area (Å²) >= 11 is 0. The van der Waals surface area contributed by atoms with Crippen molar-refractivity contribution in [3.63, 3.8) is 0 Å². The summed E-state index contributed by atoms with van der Waals surface area (Å²) in [7, 11) is 1.64. The fraction of sp³-hybridized carbons (Fsp3) is 0.353. The Bertz CT molecular complexity index is 702. The summed E-state index contributed by atoms with van der Waals surface area (Å²) in [5.41, 5.74) is 2.04. The number of morpholine rings is 1. The Morgan fingerprint density at radius 3 is 2.96 bits per heavy atom. The second-order valence-corrected chi connectivity index (χ2v) is 5.43. The lowest BCUT2D eigenvalue weighted by Crippen LogP contribution is -2.37. The molecule has 0 unspecified atom stereocenters. The van der Waals surface area contributed by atoms with E-state index in [0.29, 0.717) is 37.2 Å². The second-order valence-electron chi connectivity index (χ2n) is 5.43. The highest BCUT2D eigenvalue weighted by atomic mass is 16.5. The molecule has 1 N–H and O–H groups in total. The number of ether oxygens (including phenoxy) is 2. The summed E-state index contributed by atoms with van der Waals surface area (Å²) in [5, 5.41) is 2.86. The molecule has 1 aliphatic rings. The van der Waals surface area contributed by atoms with Gasteiger partial charge in [-0.3, -0.25) is 4.79 Å². The Kier molecular flexibility index (Phi) is 5.35. The molecule has 2 aromatic rings. The number of hydrogen-bond donors (Lipinski definition) is 1. The molecule has 1 saturated heterocycles. The van der Waals surface area contributed by atoms with Gasteiger partial charge in [-0.25, -0.2) is 9.97 Å². The van der Waals surface area contributed by atoms with E-state index in [4.69, 9.17) is 9.47 Å². The first-order chi connectivity index (χ1) is 11.8. The predicted molar refractivity (Wildman–Crippen MR) is 90.2 cm³/mol. The van der Waals surface area contributed by atoms with Crippen molar-refractivity contribution in [2.24, 2.45) is 0 Å². The predicted octanol–water partition coefficient (Wildman–Crippen LogP) is 1.71. The topological polar surface area (TPSA) is 76.6 Å². The average molecular weight is 328 g/mol. The lowest BCUT2D eigenvalue weighted by molar-refractivity contribution is 0.102. The monoisotopic (exact) mass is 328 g/mol. The van der Waals surface area contributed by atoms with Gasteiger partial charge in [0.05, 0.1) is 19.8 Å². The van der Waals surface area contributed by atoms with Gasteiger partial charge >= 0.3 is 0 Å². The van der Waals surface area contributed by atoms with Crippen molar-refractivity contribution in [3.05, 3.63) is 47.8 Å². The largest absolute Gasteiger partial charge is 0.380 e. The fourth-order valence-electron chi connectivity index (χ4n) is 2.49. The van der Waals surface area contributed by atoms with E-state index < -0.39 is 0 Å². The van der Waals surface area contributed by atoms with Crippen LogP contribution in [0.5, 0.6) is 0 Å². The Hall–Kier alpha value is -2.51. The molecule has 0 radical (unpaired) electrons. The van der Waals surface area contributed by atoms with Gasteiger partial charge in [-0.15, -0.1) is 0 Å². The third-order valence-electron chi connectivity index (χ3n) is 3.67. The van der Waals surface area contributed by atoms with E-state index >= 15 is 0 Å². The molecule has 7 nitrogen and oxygen atoms in total. The normalized spacial score (nSPS) is 14.5. The first-order valence-corrected chi connectivity index (χ1v) is 7.81. The Morgan fingerprint density at radius 2 is 2.17 bits per heavy atom. The number of anilines is 2. The zero-order valence-electron chi connectivity index (χ0n) is 13.6. The number of benzene rings is 1. The zero-order chi connectivity index (χ0) is 16.8. The molecule has 0 bridgehead atoms. The van der Waals surface area contributed by atoms with Crippen molar-refractivity contribution in [2.45, 2.75) is 6.61 Å². The van der Waals surface area contributed by atoms with Gasteiger partial charge < -0.3 is 19.7 Å². The van der Waals surface area contributed by atoms with Crippen LogP contribution >= 0.6 is 0 Å². The van der Waals surface area contributed by atoms with Gasteiger partial charge in [-0.2, -0.15) is 0 Å². The third kappa shape index (κ3) is 4.06. The molecule has 3 rings (SSSR count). The van der Waals surface area contributed by atoms with Crippen LogP contribution in [0.3, 0.4) is 0 Å². The third-order valence-corrected chi connectivity index (χ3v) is 3.67. The Labute approximate surface area is 140 Å². The molecular formula is C17H20N4O3. The van der Waals surface area contributed by atoms with Crippen LogP contribution in [-0.4, -0.2) is 49.3 Å². The van der Waals surface area contributed by atoms with Crippen LogP contribution in [0.15, 0.2) is 36.5 Å². The first-order valence-electron chi connectivity index (χ1n) is 7.81. The maximum Gasteiger partial charge on any atom is 0.274 e. The lowest BCUT2D eigenvalue weighted by atomic mass is 10.2. The summed E-state index contributed by atoms with van der Waals surface area (Å²) in [6.07, 6.45) is 1.61. The highest BCUT2D eigenvalue weighted by Crippen LogP contribution is 2.14. The minimum Gasteiger partial charge on any atom is -0.380 e. The van der Waals surface area contributed by atoms with E-state index in [1.165, 1.54) is 0 Å². The zero-order valence-corrected chi connectivity index (χ0v) is 13.6. The minimum atomic E-state index is -0.263. The van der Waals surface area contributed by atoms with Gasteiger partial charge in [0.25, 0.3) is 5.91 Å². The molecule has 0 spiro atoms. The van der Waals surface area contributed by atoms with Gasteiger partial charge in [0.2, 0.25) is 5.95 Å². The Morgan fingerprint density at radius 1 is 1.33 bits per heavy atom. The van der Waals surface area contributed by atoms with Crippen LogP contribution in [-0.2, 0) is 16.1 Å². The molecule has 1 amide bonds. The van der Waals surface area contributed by atoms with E-state index in [1.807, 2.05) is 29.2 Å². The molecule has 126 valence electrons. The van der Waals surface area contributed by atoms with E-state index in [1.54, 1.807) is 19.4 Å². The molecular weight excluding hydrogens is 308 g/mol. The van der Waals surface area contributed by atoms with Crippen molar-refractivity contribution >= 4 is 17.5 Å². The van der Waals surface area contributed by atoms with Crippen molar-refractivity contribution in [1.82, 2.24) is 9.97 Å². The number of nitrogens with one attached hydrogen (secondary N) is 1. The van der Waals surface area contributed by atoms with Crippen LogP contribution in [0.4, 0.5) is 11.6 Å². The standard InChI is InChI=1S/C17H20N4O3/c1-23-12-13-3-2-4-14(11-13)19-16(22)15-5-6-18-17(20-15)21-7-9-24-10-8-21/h2-6,11H,7-10,12H2,1H3,(H,19,22).